The number of fused-ring (bicyclic) bond motifs is 1. The average molecular weight is 458 g/mol. The fourth-order valence-corrected chi connectivity index (χ4v) is 5.33. The van der Waals surface area contributed by atoms with Crippen molar-refractivity contribution in [1.29, 1.82) is 0 Å². The second-order valence-corrected chi connectivity index (χ2v) is 9.23. The van der Waals surface area contributed by atoms with Crippen molar-refractivity contribution in [2.75, 3.05) is 0 Å². The summed E-state index contributed by atoms with van der Waals surface area (Å²) in [5.41, 5.74) is 11.6. The van der Waals surface area contributed by atoms with Crippen LogP contribution in [0, 0.1) is 0 Å². The maximum Gasteiger partial charge on any atom is 0.0484 e. The maximum absolute atomic E-state index is 6.27. The molecule has 2 heteroatoms. The number of hydrogen-bond donors (Lipinski definition) is 0. The molecule has 0 saturated carbocycles. The lowest BCUT2D eigenvalue weighted by Gasteiger charge is -2.14. The largest absolute Gasteiger partial charge is 0.350 e. The lowest BCUT2D eigenvalue weighted by atomic mass is 9.89. The molecule has 0 bridgehead atoms. The van der Waals surface area contributed by atoms with Crippen molar-refractivity contribution < 1.29 is 0 Å². The summed E-state index contributed by atoms with van der Waals surface area (Å²) >= 11 is 6.27. The van der Waals surface area contributed by atoms with Gasteiger partial charge in [-0.25, -0.2) is 0 Å². The van der Waals surface area contributed by atoms with E-state index in [1.54, 1.807) is 0 Å². The molecule has 6 rings (SSSR count). The second-order valence-electron chi connectivity index (χ2n) is 8.79. The summed E-state index contributed by atoms with van der Waals surface area (Å²) in [5, 5.41) is 2.03. The first-order valence-corrected chi connectivity index (χ1v) is 12.0. The Bertz CT molecular complexity index is 1550. The van der Waals surface area contributed by atoms with Gasteiger partial charge in [-0.2, -0.15) is 0 Å². The standard InChI is InChI=1S/C32H24ClN/c1-34-21-29(26-14-8-9-15-30(26)34)32-28(23-16-18-25(33)19-17-23)20-27(22-10-4-2-5-11-22)31(32)24-12-6-3-7-13-24/h2-19,21H,20H2,1H3. The third kappa shape index (κ3) is 3.50. The summed E-state index contributed by atoms with van der Waals surface area (Å²) in [5.74, 6) is 0. The molecule has 0 amide bonds. The van der Waals surface area contributed by atoms with Gasteiger partial charge in [0.2, 0.25) is 0 Å². The molecule has 0 N–H and O–H groups in total. The van der Waals surface area contributed by atoms with Gasteiger partial charge < -0.3 is 4.57 Å². The summed E-state index contributed by atoms with van der Waals surface area (Å²) in [6.45, 7) is 0. The molecule has 0 aliphatic heterocycles. The SMILES string of the molecule is Cn1cc(C2=C(c3ccc(Cl)cc3)CC(c3ccccc3)=C2c2ccccc2)c2ccccc21. The fraction of sp³-hybridized carbons (Fsp3) is 0.0625. The highest BCUT2D eigenvalue weighted by atomic mass is 35.5. The number of rotatable bonds is 4. The zero-order chi connectivity index (χ0) is 23.1. The van der Waals surface area contributed by atoms with E-state index in [-0.39, 0.29) is 0 Å². The Labute approximate surface area is 205 Å². The number of hydrogen-bond acceptors (Lipinski definition) is 0. The molecule has 1 aliphatic rings. The number of aromatic nitrogens is 1. The highest BCUT2D eigenvalue weighted by Gasteiger charge is 2.30. The van der Waals surface area contributed by atoms with Gasteiger partial charge >= 0.3 is 0 Å². The minimum absolute atomic E-state index is 0.758. The van der Waals surface area contributed by atoms with E-state index < -0.39 is 0 Å². The maximum atomic E-state index is 6.27. The van der Waals surface area contributed by atoms with E-state index in [1.807, 2.05) is 12.1 Å². The van der Waals surface area contributed by atoms with Gasteiger partial charge in [0.15, 0.2) is 0 Å². The number of nitrogens with zero attached hydrogens (tertiary/aromatic N) is 1. The van der Waals surface area contributed by atoms with Crippen LogP contribution in [-0.2, 0) is 7.05 Å². The van der Waals surface area contributed by atoms with Crippen LogP contribution in [0.2, 0.25) is 5.02 Å². The van der Waals surface area contributed by atoms with Crippen molar-refractivity contribution in [1.82, 2.24) is 4.57 Å². The molecule has 0 saturated heterocycles. The van der Waals surface area contributed by atoms with E-state index in [9.17, 15) is 0 Å². The molecule has 0 atom stereocenters. The van der Waals surface area contributed by atoms with Crippen molar-refractivity contribution in [2.45, 2.75) is 6.42 Å². The number of aryl methyl sites for hydroxylation is 1. The number of benzene rings is 4. The third-order valence-corrected chi connectivity index (χ3v) is 7.00. The Kier molecular flexibility index (Phi) is 5.20. The molecule has 1 aliphatic carbocycles. The Morgan fingerprint density at radius 2 is 1.15 bits per heavy atom. The van der Waals surface area contributed by atoms with Crippen molar-refractivity contribution in [2.24, 2.45) is 7.05 Å². The van der Waals surface area contributed by atoms with Crippen molar-refractivity contribution >= 4 is 44.8 Å². The number of halogens is 1. The molecule has 1 heterocycles. The van der Waals surface area contributed by atoms with Crippen LogP contribution < -0.4 is 0 Å². The van der Waals surface area contributed by atoms with Gasteiger partial charge in [-0.05, 0) is 63.6 Å². The topological polar surface area (TPSA) is 4.93 Å². The fourth-order valence-electron chi connectivity index (χ4n) is 5.20. The van der Waals surface area contributed by atoms with E-state index in [2.05, 4.69) is 115 Å². The van der Waals surface area contributed by atoms with Gasteiger partial charge in [0, 0.05) is 34.7 Å². The molecule has 0 spiro atoms. The van der Waals surface area contributed by atoms with Crippen LogP contribution in [0.25, 0.3) is 33.2 Å². The Morgan fingerprint density at radius 3 is 1.85 bits per heavy atom. The number of allylic oxidation sites excluding steroid dienone is 4. The molecule has 0 unspecified atom stereocenters. The molecular formula is C32H24ClN. The summed E-state index contributed by atoms with van der Waals surface area (Å²) < 4.78 is 2.24. The van der Waals surface area contributed by atoms with Crippen LogP contribution >= 0.6 is 11.6 Å². The highest BCUT2D eigenvalue weighted by molar-refractivity contribution is 6.31. The second kappa shape index (κ2) is 8.52. The lowest BCUT2D eigenvalue weighted by molar-refractivity contribution is 0.967. The summed E-state index contributed by atoms with van der Waals surface area (Å²) in [6.07, 6.45) is 3.15. The first kappa shape index (κ1) is 20.8. The highest BCUT2D eigenvalue weighted by Crippen LogP contribution is 2.52. The van der Waals surface area contributed by atoms with E-state index in [1.165, 1.54) is 55.4 Å². The minimum Gasteiger partial charge on any atom is -0.350 e. The predicted octanol–water partition coefficient (Wildman–Crippen LogP) is 8.76. The lowest BCUT2D eigenvalue weighted by Crippen LogP contribution is -1.92. The molecule has 0 radical (unpaired) electrons. The van der Waals surface area contributed by atoms with Crippen molar-refractivity contribution in [3.05, 3.63) is 143 Å². The Hall–Kier alpha value is -3.81. The van der Waals surface area contributed by atoms with E-state index in [4.69, 9.17) is 11.6 Å². The van der Waals surface area contributed by atoms with E-state index in [0.717, 1.165) is 11.4 Å². The Balaban J connectivity index is 1.71. The molecule has 1 aromatic heterocycles. The first-order chi connectivity index (χ1) is 16.7. The van der Waals surface area contributed by atoms with Gasteiger partial charge in [-0.15, -0.1) is 0 Å². The van der Waals surface area contributed by atoms with Crippen LogP contribution in [0.5, 0.6) is 0 Å². The predicted molar refractivity (Wildman–Crippen MR) is 145 cm³/mol. The normalized spacial score (nSPS) is 13.8. The molecule has 34 heavy (non-hydrogen) atoms. The molecule has 5 aromatic rings. The molecular weight excluding hydrogens is 434 g/mol. The quantitative estimate of drug-likeness (QED) is 0.254. The summed E-state index contributed by atoms with van der Waals surface area (Å²) in [6, 6.07) is 38.6. The van der Waals surface area contributed by atoms with Gasteiger partial charge in [-0.1, -0.05) is 103 Å². The number of para-hydroxylation sites is 1. The van der Waals surface area contributed by atoms with Crippen LogP contribution in [-0.4, -0.2) is 4.57 Å². The van der Waals surface area contributed by atoms with E-state index >= 15 is 0 Å². The van der Waals surface area contributed by atoms with Gasteiger partial charge in [0.1, 0.15) is 0 Å². The molecule has 1 nitrogen and oxygen atoms in total. The van der Waals surface area contributed by atoms with Crippen molar-refractivity contribution in [3.63, 3.8) is 0 Å². The van der Waals surface area contributed by atoms with Crippen LogP contribution in [0.3, 0.4) is 0 Å². The zero-order valence-electron chi connectivity index (χ0n) is 19.0. The first-order valence-electron chi connectivity index (χ1n) is 11.6. The zero-order valence-corrected chi connectivity index (χ0v) is 19.8. The monoisotopic (exact) mass is 457 g/mol. The van der Waals surface area contributed by atoms with Crippen LogP contribution in [0.1, 0.15) is 28.7 Å². The summed E-state index contributed by atoms with van der Waals surface area (Å²) in [4.78, 5) is 0. The van der Waals surface area contributed by atoms with Gasteiger partial charge in [-0.3, -0.25) is 0 Å². The van der Waals surface area contributed by atoms with Gasteiger partial charge in [0.05, 0.1) is 0 Å². The van der Waals surface area contributed by atoms with Gasteiger partial charge in [0.25, 0.3) is 0 Å². The molecule has 4 aromatic carbocycles. The third-order valence-electron chi connectivity index (χ3n) is 6.75. The average Bonchev–Trinajstić information content (AvgIpc) is 3.44. The van der Waals surface area contributed by atoms with E-state index in [0.29, 0.717) is 0 Å². The summed E-state index contributed by atoms with van der Waals surface area (Å²) in [7, 11) is 2.13. The smallest absolute Gasteiger partial charge is 0.0484 e. The minimum atomic E-state index is 0.758. The molecule has 0 fully saturated rings. The van der Waals surface area contributed by atoms with Crippen LogP contribution in [0.15, 0.2) is 115 Å². The van der Waals surface area contributed by atoms with Crippen LogP contribution in [0.4, 0.5) is 0 Å². The molecule has 164 valence electrons. The van der Waals surface area contributed by atoms with Crippen molar-refractivity contribution in [3.8, 4) is 0 Å². The Morgan fingerprint density at radius 1 is 0.588 bits per heavy atom.